The quantitative estimate of drug-likeness (QED) is 0.613. The van der Waals surface area contributed by atoms with Crippen molar-refractivity contribution in [3.05, 3.63) is 71.9 Å². The molecule has 0 unspecified atom stereocenters. The first kappa shape index (κ1) is 16.9. The lowest BCUT2D eigenvalue weighted by molar-refractivity contribution is 0.0968. The Labute approximate surface area is 149 Å². The third kappa shape index (κ3) is 3.57. The van der Waals surface area contributed by atoms with Gasteiger partial charge in [0.25, 0.3) is 5.91 Å². The second-order valence-corrected chi connectivity index (χ2v) is 5.42. The molecule has 0 fully saturated rings. The highest BCUT2D eigenvalue weighted by Gasteiger charge is 2.15. The van der Waals surface area contributed by atoms with Gasteiger partial charge in [-0.3, -0.25) is 4.79 Å². The van der Waals surface area contributed by atoms with E-state index >= 15 is 0 Å². The summed E-state index contributed by atoms with van der Waals surface area (Å²) in [7, 11) is 0. The zero-order valence-electron chi connectivity index (χ0n) is 13.9. The topological polar surface area (TPSA) is 119 Å². The highest BCUT2D eigenvalue weighted by Crippen LogP contribution is 2.16. The number of rotatable bonds is 5. The van der Waals surface area contributed by atoms with Gasteiger partial charge in [0.15, 0.2) is 5.65 Å². The second-order valence-electron chi connectivity index (χ2n) is 5.42. The average molecular weight is 345 g/mol. The number of fused-ring (bicyclic) bond motifs is 1. The van der Waals surface area contributed by atoms with Crippen LogP contribution in [0.2, 0.25) is 0 Å². The lowest BCUT2D eigenvalue weighted by Crippen LogP contribution is -2.27. The minimum atomic E-state index is -0.423. The predicted octanol–water partition coefficient (Wildman–Crippen LogP) is 2.32. The summed E-state index contributed by atoms with van der Waals surface area (Å²) in [5, 5.41) is 26.7. The maximum atomic E-state index is 12.6. The largest absolute Gasteiger partial charge is 0.341 e. The van der Waals surface area contributed by atoms with Crippen LogP contribution in [0.1, 0.15) is 22.8 Å². The van der Waals surface area contributed by atoms with Gasteiger partial charge in [0.05, 0.1) is 17.4 Å². The molecule has 0 saturated carbocycles. The lowest BCUT2D eigenvalue weighted by atomic mass is 10.2. The number of nitrogens with zero attached hydrogens (tertiary/aromatic N) is 4. The molecular formula is C18H15N7O. The molecule has 0 aliphatic carbocycles. The summed E-state index contributed by atoms with van der Waals surface area (Å²) in [6.45, 7) is 1.58. The van der Waals surface area contributed by atoms with E-state index in [1.54, 1.807) is 49.6 Å². The summed E-state index contributed by atoms with van der Waals surface area (Å²) in [5.41, 5.74) is 1.91. The standard InChI is InChI=1S/C18H15N7O/c1-12(20)9-16(23-15-6-3-2-5-13(15)10-19)24-18(26)14-11-22-25-8-4-7-21-17(14)25/h2-9,11,20,23H,1H3,(H,24,26)/b16-9+,20-12?. The summed E-state index contributed by atoms with van der Waals surface area (Å²) in [5.74, 6) is -0.145. The van der Waals surface area contributed by atoms with Crippen molar-refractivity contribution in [2.75, 3.05) is 5.32 Å². The monoisotopic (exact) mass is 345 g/mol. The van der Waals surface area contributed by atoms with E-state index in [1.807, 2.05) is 0 Å². The van der Waals surface area contributed by atoms with Crippen LogP contribution in [0, 0.1) is 16.7 Å². The maximum Gasteiger partial charge on any atom is 0.262 e. The Kier molecular flexibility index (Phi) is 4.71. The van der Waals surface area contributed by atoms with E-state index in [2.05, 4.69) is 26.8 Å². The van der Waals surface area contributed by atoms with Crippen LogP contribution < -0.4 is 10.6 Å². The van der Waals surface area contributed by atoms with Gasteiger partial charge in [0.1, 0.15) is 17.5 Å². The van der Waals surface area contributed by atoms with Crippen LogP contribution >= 0.6 is 0 Å². The van der Waals surface area contributed by atoms with Gasteiger partial charge in [-0.25, -0.2) is 9.50 Å². The molecular weight excluding hydrogens is 330 g/mol. The number of nitriles is 1. The van der Waals surface area contributed by atoms with E-state index < -0.39 is 5.91 Å². The van der Waals surface area contributed by atoms with Crippen LogP contribution in [-0.4, -0.2) is 26.2 Å². The summed E-state index contributed by atoms with van der Waals surface area (Å²) >= 11 is 0. The molecule has 0 bridgehead atoms. The molecule has 0 aliphatic rings. The Bertz CT molecular complexity index is 1060. The van der Waals surface area contributed by atoms with Crippen molar-refractivity contribution in [1.29, 1.82) is 10.7 Å². The molecule has 1 amide bonds. The first-order valence-electron chi connectivity index (χ1n) is 7.71. The third-order valence-corrected chi connectivity index (χ3v) is 3.45. The van der Waals surface area contributed by atoms with Crippen molar-refractivity contribution in [2.24, 2.45) is 0 Å². The fourth-order valence-corrected chi connectivity index (χ4v) is 2.33. The number of nitrogens with one attached hydrogen (secondary N) is 3. The first-order valence-corrected chi connectivity index (χ1v) is 7.71. The fourth-order valence-electron chi connectivity index (χ4n) is 2.33. The number of benzene rings is 1. The van der Waals surface area contributed by atoms with Crippen LogP contribution in [0.3, 0.4) is 0 Å². The van der Waals surface area contributed by atoms with Crippen molar-refractivity contribution >= 4 is 23.0 Å². The van der Waals surface area contributed by atoms with Gasteiger partial charge in [-0.1, -0.05) is 12.1 Å². The normalized spacial score (nSPS) is 11.0. The van der Waals surface area contributed by atoms with Crippen LogP contribution in [0.15, 0.2) is 60.8 Å². The maximum absolute atomic E-state index is 12.6. The minimum absolute atomic E-state index is 0.236. The molecule has 128 valence electrons. The van der Waals surface area contributed by atoms with Crippen molar-refractivity contribution in [3.8, 4) is 6.07 Å². The van der Waals surface area contributed by atoms with Gasteiger partial charge < -0.3 is 16.0 Å². The van der Waals surface area contributed by atoms with Crippen molar-refractivity contribution in [3.63, 3.8) is 0 Å². The molecule has 0 radical (unpaired) electrons. The van der Waals surface area contributed by atoms with E-state index in [0.29, 0.717) is 22.5 Å². The Balaban J connectivity index is 1.89. The zero-order valence-corrected chi connectivity index (χ0v) is 13.9. The molecule has 2 aromatic heterocycles. The van der Waals surface area contributed by atoms with E-state index in [4.69, 9.17) is 5.41 Å². The van der Waals surface area contributed by atoms with Crippen molar-refractivity contribution < 1.29 is 4.79 Å². The molecule has 3 N–H and O–H groups in total. The van der Waals surface area contributed by atoms with E-state index in [-0.39, 0.29) is 11.5 Å². The second kappa shape index (κ2) is 7.27. The van der Waals surface area contributed by atoms with Crippen LogP contribution in [0.5, 0.6) is 0 Å². The fraction of sp³-hybridized carbons (Fsp3) is 0.0556. The molecule has 0 spiro atoms. The summed E-state index contributed by atoms with van der Waals surface area (Å²) in [4.78, 5) is 16.8. The molecule has 3 aromatic rings. The number of amides is 1. The third-order valence-electron chi connectivity index (χ3n) is 3.45. The molecule has 0 atom stereocenters. The number of para-hydroxylation sites is 1. The van der Waals surface area contributed by atoms with Gasteiger partial charge in [-0.05, 0) is 31.2 Å². The minimum Gasteiger partial charge on any atom is -0.341 e. The number of hydrogen-bond donors (Lipinski definition) is 3. The SMILES string of the molecule is CC(=N)/C=C(/NC(=O)c1cnn2cccnc12)Nc1ccccc1C#N. The van der Waals surface area contributed by atoms with Gasteiger partial charge in [-0.2, -0.15) is 10.4 Å². The predicted molar refractivity (Wildman–Crippen MR) is 96.7 cm³/mol. The highest BCUT2D eigenvalue weighted by molar-refractivity contribution is 6.01. The molecule has 2 heterocycles. The van der Waals surface area contributed by atoms with Crippen LogP contribution in [0.4, 0.5) is 5.69 Å². The molecule has 1 aromatic carbocycles. The lowest BCUT2D eigenvalue weighted by Gasteiger charge is -2.13. The van der Waals surface area contributed by atoms with E-state index in [1.165, 1.54) is 16.8 Å². The molecule has 0 saturated heterocycles. The Morgan fingerprint density at radius 2 is 2.15 bits per heavy atom. The summed E-state index contributed by atoms with van der Waals surface area (Å²) in [6, 6.07) is 10.7. The van der Waals surface area contributed by atoms with Crippen molar-refractivity contribution in [1.82, 2.24) is 19.9 Å². The number of aromatic nitrogens is 3. The smallest absolute Gasteiger partial charge is 0.262 e. The van der Waals surface area contributed by atoms with Gasteiger partial charge in [-0.15, -0.1) is 0 Å². The highest BCUT2D eigenvalue weighted by atomic mass is 16.1. The number of carbonyl (C=O) groups is 1. The van der Waals surface area contributed by atoms with E-state index in [0.717, 1.165) is 0 Å². The molecule has 0 aliphatic heterocycles. The van der Waals surface area contributed by atoms with Crippen LogP contribution in [-0.2, 0) is 0 Å². The van der Waals surface area contributed by atoms with Crippen LogP contribution in [0.25, 0.3) is 5.65 Å². The van der Waals surface area contributed by atoms with E-state index in [9.17, 15) is 10.1 Å². The van der Waals surface area contributed by atoms with Crippen molar-refractivity contribution in [2.45, 2.75) is 6.92 Å². The Morgan fingerprint density at radius 3 is 2.92 bits per heavy atom. The van der Waals surface area contributed by atoms with Gasteiger partial charge >= 0.3 is 0 Å². The summed E-state index contributed by atoms with van der Waals surface area (Å²) < 4.78 is 1.50. The number of carbonyl (C=O) groups excluding carboxylic acids is 1. The Morgan fingerprint density at radius 1 is 1.35 bits per heavy atom. The zero-order chi connectivity index (χ0) is 18.5. The number of hydrogen-bond acceptors (Lipinski definition) is 6. The van der Waals surface area contributed by atoms with Gasteiger partial charge in [0.2, 0.25) is 0 Å². The first-order chi connectivity index (χ1) is 12.6. The molecule has 3 rings (SSSR count). The number of anilines is 1. The number of allylic oxidation sites excluding steroid dienone is 1. The average Bonchev–Trinajstić information content (AvgIpc) is 3.06. The molecule has 8 nitrogen and oxygen atoms in total. The van der Waals surface area contributed by atoms with Gasteiger partial charge in [0, 0.05) is 18.1 Å². The summed E-state index contributed by atoms with van der Waals surface area (Å²) in [6.07, 6.45) is 6.16. The molecule has 8 heteroatoms. The molecule has 26 heavy (non-hydrogen) atoms. The Hall–Kier alpha value is -3.99.